The number of nitriles is 1. The average molecular weight is 301 g/mol. The topological polar surface area (TPSA) is 82.8 Å². The van der Waals surface area contributed by atoms with E-state index in [1.165, 1.54) is 18.3 Å². The smallest absolute Gasteiger partial charge is 0.264 e. The van der Waals surface area contributed by atoms with Crippen LogP contribution in [0.1, 0.15) is 31.0 Å². The Morgan fingerprint density at radius 3 is 2.67 bits per heavy atom. The molecule has 0 radical (unpaired) electrons. The largest absolute Gasteiger partial charge is 0.280 e. The van der Waals surface area contributed by atoms with Gasteiger partial charge in [0.25, 0.3) is 10.0 Å². The van der Waals surface area contributed by atoms with Crippen LogP contribution in [-0.4, -0.2) is 13.4 Å². The van der Waals surface area contributed by atoms with Gasteiger partial charge in [0.2, 0.25) is 0 Å². The number of hydrogen-bond acceptors (Lipinski definition) is 4. The number of anilines is 1. The highest BCUT2D eigenvalue weighted by atomic mass is 32.2. The van der Waals surface area contributed by atoms with Crippen LogP contribution in [0, 0.1) is 11.3 Å². The van der Waals surface area contributed by atoms with Crippen molar-refractivity contribution < 1.29 is 8.42 Å². The van der Waals surface area contributed by atoms with Gasteiger partial charge in [-0.05, 0) is 35.7 Å². The first kappa shape index (κ1) is 15.0. The van der Waals surface area contributed by atoms with E-state index in [1.54, 1.807) is 24.3 Å². The molecule has 1 N–H and O–H groups in total. The van der Waals surface area contributed by atoms with E-state index < -0.39 is 10.0 Å². The summed E-state index contributed by atoms with van der Waals surface area (Å²) in [6.45, 7) is 4.06. The second-order valence-corrected chi connectivity index (χ2v) is 6.50. The van der Waals surface area contributed by atoms with E-state index in [0.717, 1.165) is 5.56 Å². The van der Waals surface area contributed by atoms with Crippen LogP contribution in [0.15, 0.2) is 47.5 Å². The van der Waals surface area contributed by atoms with E-state index in [9.17, 15) is 8.42 Å². The van der Waals surface area contributed by atoms with Gasteiger partial charge in [-0.25, -0.2) is 13.4 Å². The van der Waals surface area contributed by atoms with E-state index in [2.05, 4.69) is 9.71 Å². The summed E-state index contributed by atoms with van der Waals surface area (Å²) in [6, 6.07) is 11.8. The second kappa shape index (κ2) is 5.94. The Hall–Kier alpha value is -2.39. The molecule has 0 fully saturated rings. The molecule has 2 rings (SSSR count). The molecule has 0 aliphatic heterocycles. The van der Waals surface area contributed by atoms with Crippen molar-refractivity contribution in [1.82, 2.24) is 4.98 Å². The minimum atomic E-state index is -3.83. The van der Waals surface area contributed by atoms with Gasteiger partial charge in [-0.2, -0.15) is 5.26 Å². The molecule has 6 heteroatoms. The highest BCUT2D eigenvalue weighted by molar-refractivity contribution is 7.92. The van der Waals surface area contributed by atoms with Crippen LogP contribution in [0.4, 0.5) is 5.69 Å². The van der Waals surface area contributed by atoms with Crippen molar-refractivity contribution in [2.45, 2.75) is 24.7 Å². The molecule has 0 spiro atoms. The Bertz CT molecular complexity index is 793. The molecule has 0 amide bonds. The first-order chi connectivity index (χ1) is 9.94. The molecule has 21 heavy (non-hydrogen) atoms. The highest BCUT2D eigenvalue weighted by Gasteiger charge is 2.19. The van der Waals surface area contributed by atoms with Crippen LogP contribution < -0.4 is 4.72 Å². The molecule has 1 heterocycles. The highest BCUT2D eigenvalue weighted by Crippen LogP contribution is 2.22. The molecule has 0 unspecified atom stereocenters. The van der Waals surface area contributed by atoms with E-state index in [-0.39, 0.29) is 10.6 Å². The maximum absolute atomic E-state index is 12.4. The fourth-order valence-corrected chi connectivity index (χ4v) is 3.02. The first-order valence-corrected chi connectivity index (χ1v) is 7.90. The van der Waals surface area contributed by atoms with Gasteiger partial charge in [0.05, 0.1) is 0 Å². The number of sulfonamides is 1. The predicted molar refractivity (Wildman–Crippen MR) is 80.3 cm³/mol. The minimum Gasteiger partial charge on any atom is -0.280 e. The van der Waals surface area contributed by atoms with Crippen LogP contribution in [0.25, 0.3) is 0 Å². The molecule has 0 saturated carbocycles. The summed E-state index contributed by atoms with van der Waals surface area (Å²) in [5.74, 6) is 0.294. The fourth-order valence-electron chi connectivity index (χ4n) is 1.86. The molecule has 1 aromatic carbocycles. The molecule has 108 valence electrons. The van der Waals surface area contributed by atoms with Crippen LogP contribution in [-0.2, 0) is 10.0 Å². The Kier molecular flexibility index (Phi) is 4.24. The monoisotopic (exact) mass is 301 g/mol. The van der Waals surface area contributed by atoms with Crippen LogP contribution >= 0.6 is 0 Å². The van der Waals surface area contributed by atoms with Crippen LogP contribution in [0.5, 0.6) is 0 Å². The Balaban J connectivity index is 2.38. The summed E-state index contributed by atoms with van der Waals surface area (Å²) in [5, 5.41) is 8.96. The lowest BCUT2D eigenvalue weighted by Crippen LogP contribution is -2.15. The molecule has 0 bridgehead atoms. The fraction of sp³-hybridized carbons (Fsp3) is 0.200. The lowest BCUT2D eigenvalue weighted by Gasteiger charge is -2.11. The zero-order chi connectivity index (χ0) is 15.5. The van der Waals surface area contributed by atoms with Crippen molar-refractivity contribution in [3.63, 3.8) is 0 Å². The predicted octanol–water partition coefficient (Wildman–Crippen LogP) is 2.88. The van der Waals surface area contributed by atoms with Gasteiger partial charge in [-0.3, -0.25) is 4.72 Å². The van der Waals surface area contributed by atoms with Crippen molar-refractivity contribution in [2.75, 3.05) is 4.72 Å². The molecular formula is C15H15N3O2S. The molecule has 0 atom stereocenters. The summed E-state index contributed by atoms with van der Waals surface area (Å²) in [7, 11) is -3.83. The molecule has 0 saturated heterocycles. The third-order valence-corrected chi connectivity index (χ3v) is 4.38. The van der Waals surface area contributed by atoms with Crippen molar-refractivity contribution >= 4 is 15.7 Å². The SMILES string of the molecule is CC(C)c1cccc(NS(=O)(=O)c2cccnc2C#N)c1. The number of benzene rings is 1. The molecule has 2 aromatic rings. The van der Waals surface area contributed by atoms with Gasteiger partial charge < -0.3 is 0 Å². The Morgan fingerprint density at radius 2 is 2.00 bits per heavy atom. The van der Waals surface area contributed by atoms with Gasteiger partial charge in [0.15, 0.2) is 5.69 Å². The number of pyridine rings is 1. The van der Waals surface area contributed by atoms with Crippen molar-refractivity contribution in [3.8, 4) is 6.07 Å². The molecule has 0 aliphatic rings. The number of rotatable bonds is 4. The summed E-state index contributed by atoms with van der Waals surface area (Å²) in [4.78, 5) is 3.65. The maximum Gasteiger partial charge on any atom is 0.264 e. The number of aromatic nitrogens is 1. The normalized spacial score (nSPS) is 11.1. The quantitative estimate of drug-likeness (QED) is 0.941. The summed E-state index contributed by atoms with van der Waals surface area (Å²) in [5.41, 5.74) is 1.38. The third-order valence-electron chi connectivity index (χ3n) is 2.97. The van der Waals surface area contributed by atoms with E-state index in [1.807, 2.05) is 19.9 Å². The second-order valence-electron chi connectivity index (χ2n) is 4.85. The summed E-state index contributed by atoms with van der Waals surface area (Å²) < 4.78 is 27.2. The van der Waals surface area contributed by atoms with Crippen molar-refractivity contribution in [3.05, 3.63) is 53.9 Å². The zero-order valence-electron chi connectivity index (χ0n) is 11.7. The van der Waals surface area contributed by atoms with Crippen LogP contribution in [0.2, 0.25) is 0 Å². The lowest BCUT2D eigenvalue weighted by molar-refractivity contribution is 0.600. The summed E-state index contributed by atoms with van der Waals surface area (Å²) >= 11 is 0. The van der Waals surface area contributed by atoms with Crippen molar-refractivity contribution in [2.24, 2.45) is 0 Å². The first-order valence-electron chi connectivity index (χ1n) is 6.42. The molecular weight excluding hydrogens is 286 g/mol. The van der Waals surface area contributed by atoms with Gasteiger partial charge in [-0.15, -0.1) is 0 Å². The number of nitrogens with zero attached hydrogens (tertiary/aromatic N) is 2. The van der Waals surface area contributed by atoms with Crippen molar-refractivity contribution in [1.29, 1.82) is 5.26 Å². The van der Waals surface area contributed by atoms with E-state index in [0.29, 0.717) is 11.6 Å². The lowest BCUT2D eigenvalue weighted by atomic mass is 10.0. The zero-order valence-corrected chi connectivity index (χ0v) is 12.6. The Morgan fingerprint density at radius 1 is 1.24 bits per heavy atom. The standard InChI is InChI=1S/C15H15N3O2S/c1-11(2)12-5-3-6-13(9-12)18-21(19,20)15-7-4-8-17-14(15)10-16/h3-9,11,18H,1-2H3. The van der Waals surface area contributed by atoms with Gasteiger partial charge in [-0.1, -0.05) is 26.0 Å². The molecule has 1 aromatic heterocycles. The van der Waals surface area contributed by atoms with E-state index >= 15 is 0 Å². The number of hydrogen-bond donors (Lipinski definition) is 1. The molecule has 5 nitrogen and oxygen atoms in total. The maximum atomic E-state index is 12.4. The van der Waals surface area contributed by atoms with Gasteiger partial charge in [0.1, 0.15) is 11.0 Å². The van der Waals surface area contributed by atoms with Crippen LogP contribution in [0.3, 0.4) is 0 Å². The minimum absolute atomic E-state index is 0.120. The summed E-state index contributed by atoms with van der Waals surface area (Å²) in [6.07, 6.45) is 1.39. The molecule has 0 aliphatic carbocycles. The third kappa shape index (κ3) is 3.38. The number of nitrogens with one attached hydrogen (secondary N) is 1. The average Bonchev–Trinajstić information content (AvgIpc) is 2.47. The van der Waals surface area contributed by atoms with Gasteiger partial charge in [0, 0.05) is 11.9 Å². The van der Waals surface area contributed by atoms with E-state index in [4.69, 9.17) is 5.26 Å². The Labute approximate surface area is 124 Å². The van der Waals surface area contributed by atoms with Gasteiger partial charge >= 0.3 is 0 Å².